The van der Waals surface area contributed by atoms with E-state index in [9.17, 15) is 4.79 Å². The molecule has 0 unspecified atom stereocenters. The third-order valence-corrected chi connectivity index (χ3v) is 5.14. The molecule has 5 rings (SSSR count). The van der Waals surface area contributed by atoms with E-state index in [1.54, 1.807) is 12.1 Å². The zero-order chi connectivity index (χ0) is 19.8. The summed E-state index contributed by atoms with van der Waals surface area (Å²) < 4.78 is 11.3. The highest BCUT2D eigenvalue weighted by Crippen LogP contribution is 2.36. The van der Waals surface area contributed by atoms with Gasteiger partial charge >= 0.3 is 6.16 Å². The Morgan fingerprint density at radius 3 is 2.17 bits per heavy atom. The first kappa shape index (κ1) is 17.5. The second-order valence-corrected chi connectivity index (χ2v) is 7.16. The molecule has 0 N–H and O–H groups in total. The molecule has 140 valence electrons. The molecular weight excluding hydrogens is 384 g/mol. The van der Waals surface area contributed by atoms with Gasteiger partial charge < -0.3 is 9.47 Å². The molecule has 0 bridgehead atoms. The van der Waals surface area contributed by atoms with Crippen LogP contribution in [0.4, 0.5) is 4.79 Å². The van der Waals surface area contributed by atoms with Crippen LogP contribution in [0, 0.1) is 0 Å². The van der Waals surface area contributed by atoms with Crippen molar-refractivity contribution in [2.75, 3.05) is 0 Å². The monoisotopic (exact) mass is 398 g/mol. The third-order valence-electron chi connectivity index (χ3n) is 4.90. The predicted octanol–water partition coefficient (Wildman–Crippen LogP) is 7.38. The predicted molar refractivity (Wildman–Crippen MR) is 117 cm³/mol. The molecule has 0 amide bonds. The number of ether oxygens (including phenoxy) is 2. The van der Waals surface area contributed by atoms with Crippen molar-refractivity contribution < 1.29 is 14.3 Å². The van der Waals surface area contributed by atoms with Crippen molar-refractivity contribution in [2.24, 2.45) is 0 Å². The Labute approximate surface area is 172 Å². The molecule has 0 saturated heterocycles. The van der Waals surface area contributed by atoms with Crippen molar-refractivity contribution in [1.29, 1.82) is 0 Å². The van der Waals surface area contributed by atoms with E-state index in [2.05, 4.69) is 0 Å². The van der Waals surface area contributed by atoms with Gasteiger partial charge in [0.15, 0.2) is 0 Å². The standard InChI is InChI=1S/C25H15ClO3/c26-19-12-13-22-18(15-19)14-17-7-2-4-10-21(17)24(22)29-25(27)28-23-11-5-8-16-6-1-3-9-20(16)23/h1-15H. The Morgan fingerprint density at radius 2 is 1.31 bits per heavy atom. The summed E-state index contributed by atoms with van der Waals surface area (Å²) >= 11 is 6.16. The van der Waals surface area contributed by atoms with Gasteiger partial charge in [-0.1, -0.05) is 72.3 Å². The maximum atomic E-state index is 12.7. The van der Waals surface area contributed by atoms with Crippen LogP contribution in [-0.4, -0.2) is 6.16 Å². The van der Waals surface area contributed by atoms with Crippen LogP contribution in [0.15, 0.2) is 91.0 Å². The lowest BCUT2D eigenvalue weighted by atomic mass is 10.0. The molecule has 0 aliphatic rings. The summed E-state index contributed by atoms with van der Waals surface area (Å²) in [5, 5.41) is 5.93. The smallest absolute Gasteiger partial charge is 0.394 e. The van der Waals surface area contributed by atoms with Gasteiger partial charge in [0.2, 0.25) is 0 Å². The van der Waals surface area contributed by atoms with Gasteiger partial charge in [-0.15, -0.1) is 0 Å². The van der Waals surface area contributed by atoms with Gasteiger partial charge in [-0.2, -0.15) is 0 Å². The summed E-state index contributed by atoms with van der Waals surface area (Å²) in [5.41, 5.74) is 0. The third kappa shape index (κ3) is 3.26. The minimum atomic E-state index is -0.783. The van der Waals surface area contributed by atoms with Gasteiger partial charge in [-0.25, -0.2) is 4.79 Å². The maximum absolute atomic E-state index is 12.7. The van der Waals surface area contributed by atoms with Crippen LogP contribution < -0.4 is 9.47 Å². The van der Waals surface area contributed by atoms with Gasteiger partial charge in [-0.3, -0.25) is 0 Å². The minimum absolute atomic E-state index is 0.458. The molecule has 4 heteroatoms. The molecular formula is C25H15ClO3. The summed E-state index contributed by atoms with van der Waals surface area (Å²) in [5.74, 6) is 0.917. The average molecular weight is 399 g/mol. The lowest BCUT2D eigenvalue weighted by molar-refractivity contribution is 0.153. The molecule has 29 heavy (non-hydrogen) atoms. The molecule has 0 aliphatic carbocycles. The lowest BCUT2D eigenvalue weighted by Gasteiger charge is -2.13. The first-order valence-electron chi connectivity index (χ1n) is 9.17. The number of hydrogen-bond donors (Lipinski definition) is 0. The Kier molecular flexibility index (Phi) is 4.30. The molecule has 0 spiro atoms. The van der Waals surface area contributed by atoms with E-state index in [0.29, 0.717) is 16.5 Å². The fourth-order valence-corrected chi connectivity index (χ4v) is 3.77. The summed E-state index contributed by atoms with van der Waals surface area (Å²) in [7, 11) is 0. The Morgan fingerprint density at radius 1 is 0.621 bits per heavy atom. The van der Waals surface area contributed by atoms with E-state index in [-0.39, 0.29) is 0 Å². The van der Waals surface area contributed by atoms with E-state index >= 15 is 0 Å². The summed E-state index contributed by atoms with van der Waals surface area (Å²) in [6, 6.07) is 28.5. The highest BCUT2D eigenvalue weighted by molar-refractivity contribution is 6.31. The summed E-state index contributed by atoms with van der Waals surface area (Å²) in [4.78, 5) is 12.7. The molecule has 3 nitrogen and oxygen atoms in total. The van der Waals surface area contributed by atoms with E-state index in [1.807, 2.05) is 78.9 Å². The second kappa shape index (κ2) is 7.12. The fraction of sp³-hybridized carbons (Fsp3) is 0. The highest BCUT2D eigenvalue weighted by Gasteiger charge is 2.16. The van der Waals surface area contributed by atoms with Gasteiger partial charge in [0.05, 0.1) is 0 Å². The molecule has 0 aromatic heterocycles. The number of rotatable bonds is 2. The quantitative estimate of drug-likeness (QED) is 0.177. The second-order valence-electron chi connectivity index (χ2n) is 6.72. The first-order chi connectivity index (χ1) is 14.2. The Balaban J connectivity index is 1.57. The van der Waals surface area contributed by atoms with E-state index < -0.39 is 6.16 Å². The normalized spacial score (nSPS) is 11.1. The maximum Gasteiger partial charge on any atom is 0.519 e. The highest BCUT2D eigenvalue weighted by atomic mass is 35.5. The van der Waals surface area contributed by atoms with Crippen LogP contribution in [0.1, 0.15) is 0 Å². The van der Waals surface area contributed by atoms with Crippen LogP contribution in [0.25, 0.3) is 32.3 Å². The zero-order valence-corrected chi connectivity index (χ0v) is 16.0. The molecule has 5 aromatic carbocycles. The molecule has 5 aromatic rings. The molecule has 0 saturated carbocycles. The minimum Gasteiger partial charge on any atom is -0.394 e. The number of carbonyl (C=O) groups excluding carboxylic acids is 1. The van der Waals surface area contributed by atoms with Crippen molar-refractivity contribution in [2.45, 2.75) is 0 Å². The summed E-state index contributed by atoms with van der Waals surface area (Å²) in [6.45, 7) is 0. The largest absolute Gasteiger partial charge is 0.519 e. The molecule has 0 radical (unpaired) electrons. The van der Waals surface area contributed by atoms with Crippen LogP contribution >= 0.6 is 11.6 Å². The average Bonchev–Trinajstić information content (AvgIpc) is 2.73. The van der Waals surface area contributed by atoms with Crippen molar-refractivity contribution in [3.8, 4) is 11.5 Å². The van der Waals surface area contributed by atoms with Crippen LogP contribution in [0.5, 0.6) is 11.5 Å². The van der Waals surface area contributed by atoms with E-state index in [1.165, 1.54) is 0 Å². The summed E-state index contributed by atoms with van der Waals surface area (Å²) in [6.07, 6.45) is -0.783. The Hall–Kier alpha value is -3.56. The SMILES string of the molecule is O=C(Oc1cccc2ccccc12)Oc1c2ccccc2cc2cc(Cl)ccc12. The first-order valence-corrected chi connectivity index (χ1v) is 9.55. The lowest BCUT2D eigenvalue weighted by Crippen LogP contribution is -2.14. The van der Waals surface area contributed by atoms with E-state index in [0.717, 1.165) is 32.3 Å². The van der Waals surface area contributed by atoms with Crippen molar-refractivity contribution in [3.05, 3.63) is 96.0 Å². The Bertz CT molecular complexity index is 1390. The van der Waals surface area contributed by atoms with Crippen molar-refractivity contribution in [1.82, 2.24) is 0 Å². The van der Waals surface area contributed by atoms with Crippen molar-refractivity contribution in [3.63, 3.8) is 0 Å². The number of benzene rings is 5. The van der Waals surface area contributed by atoms with Crippen molar-refractivity contribution >= 4 is 50.1 Å². The van der Waals surface area contributed by atoms with E-state index in [4.69, 9.17) is 21.1 Å². The number of fused-ring (bicyclic) bond motifs is 3. The van der Waals surface area contributed by atoms with Crippen LogP contribution in [0.2, 0.25) is 5.02 Å². The van der Waals surface area contributed by atoms with Crippen LogP contribution in [-0.2, 0) is 0 Å². The fourth-order valence-electron chi connectivity index (χ4n) is 3.59. The van der Waals surface area contributed by atoms with Crippen LogP contribution in [0.3, 0.4) is 0 Å². The molecule has 0 aliphatic heterocycles. The van der Waals surface area contributed by atoms with Gasteiger partial charge in [-0.05, 0) is 46.5 Å². The topological polar surface area (TPSA) is 35.5 Å². The molecule has 0 atom stereocenters. The number of hydrogen-bond acceptors (Lipinski definition) is 3. The number of halogens is 1. The number of carbonyl (C=O) groups is 1. The molecule has 0 heterocycles. The molecule has 0 fully saturated rings. The van der Waals surface area contributed by atoms with Gasteiger partial charge in [0, 0.05) is 21.2 Å². The van der Waals surface area contributed by atoms with Gasteiger partial charge in [0.25, 0.3) is 0 Å². The zero-order valence-electron chi connectivity index (χ0n) is 15.3. The van der Waals surface area contributed by atoms with Gasteiger partial charge in [0.1, 0.15) is 11.5 Å².